The average molecular weight is 303 g/mol. The fourth-order valence-electron chi connectivity index (χ4n) is 3.31. The van der Waals surface area contributed by atoms with Gasteiger partial charge in [0.15, 0.2) is 0 Å². The van der Waals surface area contributed by atoms with E-state index in [9.17, 15) is 4.79 Å². The van der Waals surface area contributed by atoms with Gasteiger partial charge in [0.1, 0.15) is 5.15 Å². The maximum Gasteiger partial charge on any atom is 0.256 e. The molecule has 3 rings (SSSR count). The molecule has 4 heteroatoms. The minimum Gasteiger partial charge on any atom is -0.333 e. The number of carbonyl (C=O) groups is 1. The Bertz CT molecular complexity index is 686. The topological polar surface area (TPSA) is 33.2 Å². The van der Waals surface area contributed by atoms with Crippen molar-refractivity contribution in [2.24, 2.45) is 0 Å². The largest absolute Gasteiger partial charge is 0.333 e. The summed E-state index contributed by atoms with van der Waals surface area (Å²) in [5.74, 6) is 0.0761. The zero-order valence-corrected chi connectivity index (χ0v) is 13.1. The van der Waals surface area contributed by atoms with E-state index in [2.05, 4.69) is 18.8 Å². The van der Waals surface area contributed by atoms with Crippen molar-refractivity contribution in [1.82, 2.24) is 9.88 Å². The molecule has 0 aliphatic carbocycles. The molecule has 0 spiro atoms. The normalized spacial score (nSPS) is 22.0. The van der Waals surface area contributed by atoms with E-state index in [0.717, 1.165) is 30.0 Å². The van der Waals surface area contributed by atoms with Crippen LogP contribution in [0.15, 0.2) is 30.5 Å². The number of fused-ring (bicyclic) bond motifs is 1. The molecule has 0 N–H and O–H groups in total. The van der Waals surface area contributed by atoms with Crippen LogP contribution in [0.3, 0.4) is 0 Å². The second-order valence-electron chi connectivity index (χ2n) is 5.71. The summed E-state index contributed by atoms with van der Waals surface area (Å²) in [6.07, 6.45) is 4.77. The maximum atomic E-state index is 13.0. The first-order valence-electron chi connectivity index (χ1n) is 7.49. The number of hydrogen-bond acceptors (Lipinski definition) is 2. The van der Waals surface area contributed by atoms with Gasteiger partial charge >= 0.3 is 0 Å². The van der Waals surface area contributed by atoms with Gasteiger partial charge < -0.3 is 4.90 Å². The molecule has 0 saturated carbocycles. The smallest absolute Gasteiger partial charge is 0.256 e. The lowest BCUT2D eigenvalue weighted by atomic mass is 10.1. The van der Waals surface area contributed by atoms with Crippen LogP contribution in [0.5, 0.6) is 0 Å². The highest BCUT2D eigenvalue weighted by Crippen LogP contribution is 2.31. The van der Waals surface area contributed by atoms with Crippen molar-refractivity contribution < 1.29 is 4.79 Å². The third-order valence-corrected chi connectivity index (χ3v) is 4.77. The molecule has 2 atom stereocenters. The number of aromatic nitrogens is 1. The van der Waals surface area contributed by atoms with Gasteiger partial charge in [0, 0.05) is 23.7 Å². The second-order valence-corrected chi connectivity index (χ2v) is 6.07. The summed E-state index contributed by atoms with van der Waals surface area (Å²) in [5.41, 5.74) is 0.655. The summed E-state index contributed by atoms with van der Waals surface area (Å²) in [4.78, 5) is 19.2. The van der Waals surface area contributed by atoms with E-state index in [1.165, 1.54) is 0 Å². The highest BCUT2D eigenvalue weighted by Gasteiger charge is 2.34. The summed E-state index contributed by atoms with van der Waals surface area (Å²) in [7, 11) is 0. The van der Waals surface area contributed by atoms with Crippen LogP contribution < -0.4 is 0 Å². The van der Waals surface area contributed by atoms with Crippen molar-refractivity contribution in [3.8, 4) is 0 Å². The fourth-order valence-corrected chi connectivity index (χ4v) is 3.52. The standard InChI is InChI=1S/C17H19ClN2O/c1-3-12-9-8-11(2)20(12)17(21)15-10-19-16(18)14-7-5-4-6-13(14)15/h4-7,10-12H,3,8-9H2,1-2H3. The fraction of sp³-hybridized carbons (Fsp3) is 0.412. The molecular weight excluding hydrogens is 284 g/mol. The number of halogens is 1. The lowest BCUT2D eigenvalue weighted by Gasteiger charge is -2.28. The first-order valence-corrected chi connectivity index (χ1v) is 7.87. The van der Waals surface area contributed by atoms with Crippen LogP contribution in [0.4, 0.5) is 0 Å². The zero-order chi connectivity index (χ0) is 15.0. The van der Waals surface area contributed by atoms with E-state index in [4.69, 9.17) is 11.6 Å². The minimum absolute atomic E-state index is 0.0761. The van der Waals surface area contributed by atoms with E-state index >= 15 is 0 Å². The van der Waals surface area contributed by atoms with Crippen LogP contribution >= 0.6 is 11.6 Å². The first-order chi connectivity index (χ1) is 10.1. The Morgan fingerprint density at radius 2 is 2.05 bits per heavy atom. The molecule has 3 nitrogen and oxygen atoms in total. The van der Waals surface area contributed by atoms with Crippen molar-refractivity contribution in [1.29, 1.82) is 0 Å². The zero-order valence-electron chi connectivity index (χ0n) is 12.3. The van der Waals surface area contributed by atoms with Crippen LogP contribution in [0.25, 0.3) is 10.8 Å². The van der Waals surface area contributed by atoms with E-state index in [0.29, 0.717) is 16.8 Å². The van der Waals surface area contributed by atoms with Gasteiger partial charge in [-0.15, -0.1) is 0 Å². The summed E-state index contributed by atoms with van der Waals surface area (Å²) in [5, 5.41) is 2.17. The molecule has 1 amide bonds. The number of nitrogens with zero attached hydrogens (tertiary/aromatic N) is 2. The lowest BCUT2D eigenvalue weighted by Crippen LogP contribution is -2.39. The molecule has 110 valence electrons. The molecule has 1 aliphatic heterocycles. The van der Waals surface area contributed by atoms with Gasteiger partial charge in [-0.1, -0.05) is 42.8 Å². The predicted molar refractivity (Wildman–Crippen MR) is 85.7 cm³/mol. The number of likely N-dealkylation sites (tertiary alicyclic amines) is 1. The molecule has 21 heavy (non-hydrogen) atoms. The number of pyridine rings is 1. The van der Waals surface area contributed by atoms with E-state index < -0.39 is 0 Å². The number of benzene rings is 1. The summed E-state index contributed by atoms with van der Waals surface area (Å²) in [6, 6.07) is 8.32. The SMILES string of the molecule is CCC1CCC(C)N1C(=O)c1cnc(Cl)c2ccccc12. The number of carbonyl (C=O) groups excluding carboxylic acids is 1. The minimum atomic E-state index is 0.0761. The summed E-state index contributed by atoms with van der Waals surface area (Å²) in [6.45, 7) is 4.26. The van der Waals surface area contributed by atoms with Crippen molar-refractivity contribution in [3.63, 3.8) is 0 Å². The third-order valence-electron chi connectivity index (χ3n) is 4.47. The van der Waals surface area contributed by atoms with Gasteiger partial charge in [-0.3, -0.25) is 4.79 Å². The highest BCUT2D eigenvalue weighted by molar-refractivity contribution is 6.34. The molecular formula is C17H19ClN2O. The van der Waals surface area contributed by atoms with Crippen LogP contribution in [-0.4, -0.2) is 27.9 Å². The number of amides is 1. The Labute approximate surface area is 129 Å². The molecule has 1 aromatic carbocycles. The van der Waals surface area contributed by atoms with E-state index in [1.807, 2.05) is 29.2 Å². The molecule has 2 aromatic rings. The quantitative estimate of drug-likeness (QED) is 0.775. The van der Waals surface area contributed by atoms with Crippen molar-refractivity contribution in [2.45, 2.75) is 45.2 Å². The van der Waals surface area contributed by atoms with E-state index in [1.54, 1.807) is 6.20 Å². The van der Waals surface area contributed by atoms with Gasteiger partial charge in [0.2, 0.25) is 0 Å². The molecule has 1 aliphatic rings. The molecule has 0 radical (unpaired) electrons. The van der Waals surface area contributed by atoms with Crippen LogP contribution in [0.1, 0.15) is 43.5 Å². The van der Waals surface area contributed by atoms with E-state index in [-0.39, 0.29) is 11.9 Å². The highest BCUT2D eigenvalue weighted by atomic mass is 35.5. The van der Waals surface area contributed by atoms with Crippen LogP contribution in [0.2, 0.25) is 5.15 Å². The van der Waals surface area contributed by atoms with Gasteiger partial charge in [0.05, 0.1) is 5.56 Å². The molecule has 1 saturated heterocycles. The van der Waals surface area contributed by atoms with Crippen LogP contribution in [-0.2, 0) is 0 Å². The molecule has 0 bridgehead atoms. The van der Waals surface area contributed by atoms with Crippen molar-refractivity contribution in [3.05, 3.63) is 41.2 Å². The third kappa shape index (κ3) is 2.40. The summed E-state index contributed by atoms with van der Waals surface area (Å²) < 4.78 is 0. The predicted octanol–water partition coefficient (Wildman–Crippen LogP) is 4.29. The molecule has 2 heterocycles. The molecule has 1 fully saturated rings. The average Bonchev–Trinajstić information content (AvgIpc) is 2.88. The summed E-state index contributed by atoms with van der Waals surface area (Å²) >= 11 is 6.14. The van der Waals surface area contributed by atoms with Gasteiger partial charge in [-0.05, 0) is 31.6 Å². The Hall–Kier alpha value is -1.61. The van der Waals surface area contributed by atoms with Gasteiger partial charge in [-0.2, -0.15) is 0 Å². The van der Waals surface area contributed by atoms with Crippen LogP contribution in [0, 0.1) is 0 Å². The number of hydrogen-bond donors (Lipinski definition) is 0. The molecule has 2 unspecified atom stereocenters. The number of rotatable bonds is 2. The maximum absolute atomic E-state index is 13.0. The van der Waals surface area contributed by atoms with Crippen molar-refractivity contribution in [2.75, 3.05) is 0 Å². The van der Waals surface area contributed by atoms with Crippen molar-refractivity contribution >= 4 is 28.3 Å². The Balaban J connectivity index is 2.08. The first kappa shape index (κ1) is 14.3. The monoisotopic (exact) mass is 302 g/mol. The Kier molecular flexibility index (Phi) is 3.85. The second kappa shape index (κ2) is 5.64. The Morgan fingerprint density at radius 1 is 1.33 bits per heavy atom. The van der Waals surface area contributed by atoms with Gasteiger partial charge in [0.25, 0.3) is 5.91 Å². The molecule has 1 aromatic heterocycles. The Morgan fingerprint density at radius 3 is 2.76 bits per heavy atom. The lowest BCUT2D eigenvalue weighted by molar-refractivity contribution is 0.0678. The van der Waals surface area contributed by atoms with Gasteiger partial charge in [-0.25, -0.2) is 4.98 Å².